The Morgan fingerprint density at radius 3 is 2.60 bits per heavy atom. The molecule has 1 aromatic heterocycles. The molecule has 0 bridgehead atoms. The van der Waals surface area contributed by atoms with E-state index in [-0.39, 0.29) is 5.56 Å². The van der Waals surface area contributed by atoms with Crippen molar-refractivity contribution in [1.29, 1.82) is 0 Å². The van der Waals surface area contributed by atoms with E-state index in [1.165, 1.54) is 0 Å². The van der Waals surface area contributed by atoms with Crippen LogP contribution >= 0.6 is 0 Å². The van der Waals surface area contributed by atoms with Gasteiger partial charge in [0.25, 0.3) is 5.56 Å². The smallest absolute Gasteiger partial charge is 0.268 e. The quantitative estimate of drug-likeness (QED) is 0.749. The van der Waals surface area contributed by atoms with Gasteiger partial charge >= 0.3 is 0 Å². The number of unbranched alkanes of at least 4 members (excludes halogenated alkanes) is 2. The summed E-state index contributed by atoms with van der Waals surface area (Å²) in [4.78, 5) is 16.6. The number of nitrogens with zero attached hydrogens (tertiary/aromatic N) is 4. The van der Waals surface area contributed by atoms with E-state index >= 15 is 0 Å². The van der Waals surface area contributed by atoms with E-state index in [2.05, 4.69) is 21.9 Å². The van der Waals surface area contributed by atoms with Crippen molar-refractivity contribution >= 4 is 5.69 Å². The van der Waals surface area contributed by atoms with Crippen molar-refractivity contribution in [3.8, 4) is 0 Å². The summed E-state index contributed by atoms with van der Waals surface area (Å²) in [5, 5.41) is 4.29. The standard InChI is InChI=1S/C14H25N5O/c1-17-7-9-18(10-8-17)13-11-14(20)19(16-12-13)6-4-2-3-5-15/h11-12H,2-10,15H2,1H3. The van der Waals surface area contributed by atoms with E-state index < -0.39 is 0 Å². The van der Waals surface area contributed by atoms with E-state index in [9.17, 15) is 4.79 Å². The number of nitrogens with two attached hydrogens (primary N) is 1. The van der Waals surface area contributed by atoms with Crippen LogP contribution in [0, 0.1) is 0 Å². The summed E-state index contributed by atoms with van der Waals surface area (Å²) >= 11 is 0. The molecule has 0 aromatic carbocycles. The van der Waals surface area contributed by atoms with Gasteiger partial charge in [0.2, 0.25) is 0 Å². The molecule has 0 amide bonds. The lowest BCUT2D eigenvalue weighted by Crippen LogP contribution is -2.45. The molecule has 0 atom stereocenters. The molecule has 0 spiro atoms. The lowest BCUT2D eigenvalue weighted by molar-refractivity contribution is 0.312. The Morgan fingerprint density at radius 2 is 1.95 bits per heavy atom. The highest BCUT2D eigenvalue weighted by atomic mass is 16.1. The fraction of sp³-hybridized carbons (Fsp3) is 0.714. The van der Waals surface area contributed by atoms with Gasteiger partial charge in [-0.2, -0.15) is 5.10 Å². The monoisotopic (exact) mass is 279 g/mol. The number of piperazine rings is 1. The lowest BCUT2D eigenvalue weighted by atomic mass is 10.2. The van der Waals surface area contributed by atoms with Crippen molar-refractivity contribution in [3.63, 3.8) is 0 Å². The highest BCUT2D eigenvalue weighted by Gasteiger charge is 2.15. The molecule has 6 nitrogen and oxygen atoms in total. The van der Waals surface area contributed by atoms with E-state index in [1.807, 2.05) is 6.20 Å². The summed E-state index contributed by atoms with van der Waals surface area (Å²) in [5.74, 6) is 0. The topological polar surface area (TPSA) is 67.4 Å². The van der Waals surface area contributed by atoms with Crippen LogP contribution in [0.1, 0.15) is 19.3 Å². The maximum Gasteiger partial charge on any atom is 0.268 e. The first kappa shape index (κ1) is 15.0. The van der Waals surface area contributed by atoms with Crippen LogP contribution in [-0.2, 0) is 6.54 Å². The number of hydrogen-bond acceptors (Lipinski definition) is 5. The second kappa shape index (κ2) is 7.40. The van der Waals surface area contributed by atoms with Gasteiger partial charge in [-0.1, -0.05) is 6.42 Å². The first-order chi connectivity index (χ1) is 9.70. The van der Waals surface area contributed by atoms with E-state index in [4.69, 9.17) is 5.73 Å². The van der Waals surface area contributed by atoms with Crippen LogP contribution < -0.4 is 16.2 Å². The molecular weight excluding hydrogens is 254 g/mol. The van der Waals surface area contributed by atoms with E-state index in [0.717, 1.165) is 51.1 Å². The Hall–Kier alpha value is -1.40. The van der Waals surface area contributed by atoms with Crippen molar-refractivity contribution < 1.29 is 0 Å². The van der Waals surface area contributed by atoms with Crippen LogP contribution in [0.3, 0.4) is 0 Å². The summed E-state index contributed by atoms with van der Waals surface area (Å²) < 4.78 is 1.55. The van der Waals surface area contributed by atoms with Crippen LogP contribution in [0.5, 0.6) is 0 Å². The van der Waals surface area contributed by atoms with Gasteiger partial charge in [-0.3, -0.25) is 4.79 Å². The maximum atomic E-state index is 12.0. The van der Waals surface area contributed by atoms with Gasteiger partial charge in [0, 0.05) is 38.8 Å². The predicted molar refractivity (Wildman–Crippen MR) is 81.1 cm³/mol. The Morgan fingerprint density at radius 1 is 1.20 bits per heavy atom. The predicted octanol–water partition coefficient (Wildman–Crippen LogP) is 0.124. The van der Waals surface area contributed by atoms with E-state index in [0.29, 0.717) is 13.1 Å². The Kier molecular flexibility index (Phi) is 5.55. The molecule has 2 heterocycles. The second-order valence-corrected chi connectivity index (χ2v) is 5.41. The highest BCUT2D eigenvalue weighted by Crippen LogP contribution is 2.12. The number of hydrogen-bond donors (Lipinski definition) is 1. The minimum atomic E-state index is -0.00539. The van der Waals surface area contributed by atoms with Crippen LogP contribution in [-0.4, -0.2) is 54.5 Å². The maximum absolute atomic E-state index is 12.0. The van der Waals surface area contributed by atoms with Crippen molar-refractivity contribution in [3.05, 3.63) is 22.6 Å². The second-order valence-electron chi connectivity index (χ2n) is 5.41. The third-order valence-electron chi connectivity index (χ3n) is 3.80. The summed E-state index contributed by atoms with van der Waals surface area (Å²) in [5.41, 5.74) is 6.40. The average Bonchev–Trinajstić information content (AvgIpc) is 2.46. The molecule has 2 N–H and O–H groups in total. The Labute approximate surface area is 120 Å². The van der Waals surface area contributed by atoms with Crippen LogP contribution in [0.25, 0.3) is 0 Å². The van der Waals surface area contributed by atoms with Crippen molar-refractivity contribution in [2.45, 2.75) is 25.8 Å². The van der Waals surface area contributed by atoms with Gasteiger partial charge < -0.3 is 15.5 Å². The third-order valence-corrected chi connectivity index (χ3v) is 3.80. The molecule has 6 heteroatoms. The van der Waals surface area contributed by atoms with Gasteiger partial charge in [-0.15, -0.1) is 0 Å². The minimum Gasteiger partial charge on any atom is -0.368 e. The zero-order valence-electron chi connectivity index (χ0n) is 12.3. The Bertz CT molecular complexity index is 465. The zero-order valence-corrected chi connectivity index (χ0v) is 12.3. The highest BCUT2D eigenvalue weighted by molar-refractivity contribution is 5.43. The van der Waals surface area contributed by atoms with Crippen molar-refractivity contribution in [2.75, 3.05) is 44.7 Å². The minimum absolute atomic E-state index is 0.00539. The molecule has 0 aliphatic carbocycles. The van der Waals surface area contributed by atoms with E-state index in [1.54, 1.807) is 10.7 Å². The molecule has 2 rings (SSSR count). The normalized spacial score (nSPS) is 16.6. The summed E-state index contributed by atoms with van der Waals surface area (Å²) in [6, 6.07) is 1.71. The molecule has 0 radical (unpaired) electrons. The molecule has 112 valence electrons. The molecule has 0 unspecified atom stereocenters. The summed E-state index contributed by atoms with van der Waals surface area (Å²) in [7, 11) is 2.12. The number of likely N-dealkylation sites (N-methyl/N-ethyl adjacent to an activating group) is 1. The molecule has 1 aliphatic heterocycles. The molecule has 0 saturated carbocycles. The average molecular weight is 279 g/mol. The van der Waals surface area contributed by atoms with Crippen LogP contribution in [0.4, 0.5) is 5.69 Å². The van der Waals surface area contributed by atoms with Gasteiger partial charge in [-0.05, 0) is 26.4 Å². The van der Waals surface area contributed by atoms with Gasteiger partial charge in [0.05, 0.1) is 11.9 Å². The van der Waals surface area contributed by atoms with Gasteiger partial charge in [0.15, 0.2) is 0 Å². The molecule has 1 fully saturated rings. The summed E-state index contributed by atoms with van der Waals surface area (Å²) in [6.07, 6.45) is 4.83. The van der Waals surface area contributed by atoms with Crippen LogP contribution in [0.15, 0.2) is 17.1 Å². The SMILES string of the molecule is CN1CCN(c2cnn(CCCCCN)c(=O)c2)CC1. The Balaban J connectivity index is 1.93. The molecule has 1 aliphatic rings. The van der Waals surface area contributed by atoms with Crippen molar-refractivity contribution in [1.82, 2.24) is 14.7 Å². The molecule has 1 aromatic rings. The summed E-state index contributed by atoms with van der Waals surface area (Å²) in [6.45, 7) is 5.37. The lowest BCUT2D eigenvalue weighted by Gasteiger charge is -2.33. The van der Waals surface area contributed by atoms with Gasteiger partial charge in [-0.25, -0.2) is 4.68 Å². The molecule has 20 heavy (non-hydrogen) atoms. The fourth-order valence-corrected chi connectivity index (χ4v) is 2.41. The fourth-order valence-electron chi connectivity index (χ4n) is 2.41. The molecular formula is C14H25N5O. The number of aromatic nitrogens is 2. The zero-order chi connectivity index (χ0) is 14.4. The molecule has 1 saturated heterocycles. The first-order valence-corrected chi connectivity index (χ1v) is 7.41. The third kappa shape index (κ3) is 4.05. The van der Waals surface area contributed by atoms with Gasteiger partial charge in [0.1, 0.15) is 0 Å². The number of rotatable bonds is 6. The number of anilines is 1. The first-order valence-electron chi connectivity index (χ1n) is 7.41. The van der Waals surface area contributed by atoms with Crippen molar-refractivity contribution in [2.24, 2.45) is 5.73 Å². The van der Waals surface area contributed by atoms with Crippen LogP contribution in [0.2, 0.25) is 0 Å². The largest absolute Gasteiger partial charge is 0.368 e. The number of aryl methyl sites for hydroxylation is 1.